The molecule has 2 aliphatic rings. The lowest BCUT2D eigenvalue weighted by Gasteiger charge is -2.30. The molecule has 0 atom stereocenters. The number of carbonyl (C=O) groups is 1. The molecule has 0 aliphatic heterocycles. The van der Waals surface area contributed by atoms with E-state index in [1.54, 1.807) is 0 Å². The van der Waals surface area contributed by atoms with Gasteiger partial charge in [-0.3, -0.25) is 4.79 Å². The van der Waals surface area contributed by atoms with Gasteiger partial charge in [-0.25, -0.2) is 0 Å². The van der Waals surface area contributed by atoms with Gasteiger partial charge in [0.15, 0.2) is 0 Å². The Hall–Kier alpha value is -2.23. The van der Waals surface area contributed by atoms with Crippen LogP contribution in [0.25, 0.3) is 5.70 Å². The molecule has 10 heteroatoms. The van der Waals surface area contributed by atoms with E-state index in [9.17, 15) is 31.1 Å². The van der Waals surface area contributed by atoms with Crippen LogP contribution in [0.2, 0.25) is 0 Å². The molecule has 3 N–H and O–H groups in total. The Kier molecular flexibility index (Phi) is 8.54. The summed E-state index contributed by atoms with van der Waals surface area (Å²) < 4.78 is 78.4. The van der Waals surface area contributed by atoms with Crippen LogP contribution in [0.5, 0.6) is 0 Å². The van der Waals surface area contributed by atoms with Crippen molar-refractivity contribution in [3.63, 3.8) is 0 Å². The Balaban J connectivity index is 1.41. The Labute approximate surface area is 195 Å². The first-order valence-electron chi connectivity index (χ1n) is 11.6. The van der Waals surface area contributed by atoms with Crippen molar-refractivity contribution in [3.8, 4) is 0 Å². The number of benzene rings is 1. The average molecular weight is 492 g/mol. The van der Waals surface area contributed by atoms with E-state index in [1.165, 1.54) is 0 Å². The van der Waals surface area contributed by atoms with Crippen molar-refractivity contribution < 1.29 is 31.1 Å². The molecule has 0 spiro atoms. The molecule has 0 radical (unpaired) electrons. The fourth-order valence-corrected chi connectivity index (χ4v) is 4.20. The third-order valence-electron chi connectivity index (χ3n) is 6.44. The largest absolute Gasteiger partial charge is 0.416 e. The van der Waals surface area contributed by atoms with Crippen LogP contribution < -0.4 is 16.0 Å². The summed E-state index contributed by atoms with van der Waals surface area (Å²) in [7, 11) is 0. The van der Waals surface area contributed by atoms with E-state index in [0.29, 0.717) is 50.1 Å². The molecular weight excluding hydrogens is 460 g/mol. The predicted octanol–water partition coefficient (Wildman–Crippen LogP) is 5.35. The number of hydrogen-bond donors (Lipinski definition) is 3. The maximum Gasteiger partial charge on any atom is 0.416 e. The standard InChI is InChI=1S/C24H31F6N3O/c1-15(18-11-19(23(25,26)27)13-20(12-18)24(28,29)30)33-14-17-4-6-21(7-5-17)31-8-9-32-22(34)10-16-2-3-16/h11-13,16-17,21,31,33H,1-10,14H2,(H,32,34). The summed E-state index contributed by atoms with van der Waals surface area (Å²) in [6, 6.07) is 1.82. The highest BCUT2D eigenvalue weighted by atomic mass is 19.4. The summed E-state index contributed by atoms with van der Waals surface area (Å²) in [6.45, 7) is 5.37. The molecule has 2 saturated carbocycles. The number of halogens is 6. The van der Waals surface area contributed by atoms with Gasteiger partial charge in [-0.1, -0.05) is 6.58 Å². The molecule has 2 fully saturated rings. The lowest BCUT2D eigenvalue weighted by atomic mass is 9.86. The number of rotatable bonds is 10. The first-order chi connectivity index (χ1) is 15.9. The first kappa shape index (κ1) is 26.4. The van der Waals surface area contributed by atoms with Crippen LogP contribution in [0, 0.1) is 11.8 Å². The molecule has 34 heavy (non-hydrogen) atoms. The fourth-order valence-electron chi connectivity index (χ4n) is 4.20. The topological polar surface area (TPSA) is 53.2 Å². The number of alkyl halides is 6. The average Bonchev–Trinajstić information content (AvgIpc) is 3.58. The van der Waals surface area contributed by atoms with Crippen molar-refractivity contribution >= 4 is 11.6 Å². The Bertz CT molecular complexity index is 823. The number of amides is 1. The molecule has 1 aromatic carbocycles. The van der Waals surface area contributed by atoms with Gasteiger partial charge in [-0.15, -0.1) is 0 Å². The van der Waals surface area contributed by atoms with Crippen LogP contribution in [0.4, 0.5) is 26.3 Å². The Morgan fingerprint density at radius 3 is 1.91 bits per heavy atom. The highest BCUT2D eigenvalue weighted by Gasteiger charge is 2.37. The third-order valence-corrected chi connectivity index (χ3v) is 6.44. The maximum atomic E-state index is 13.1. The maximum absolute atomic E-state index is 13.1. The zero-order valence-electron chi connectivity index (χ0n) is 18.9. The van der Waals surface area contributed by atoms with E-state index >= 15 is 0 Å². The quantitative estimate of drug-likeness (QED) is 0.306. The second-order valence-electron chi connectivity index (χ2n) is 9.32. The number of hydrogen-bond acceptors (Lipinski definition) is 3. The highest BCUT2D eigenvalue weighted by Crippen LogP contribution is 2.37. The Morgan fingerprint density at radius 1 is 0.824 bits per heavy atom. The number of carbonyl (C=O) groups excluding carboxylic acids is 1. The van der Waals surface area contributed by atoms with E-state index < -0.39 is 23.5 Å². The molecular formula is C24H31F6N3O. The molecule has 4 nitrogen and oxygen atoms in total. The van der Waals surface area contributed by atoms with Gasteiger partial charge in [0.1, 0.15) is 0 Å². The summed E-state index contributed by atoms with van der Waals surface area (Å²) in [5, 5.41) is 9.28. The van der Waals surface area contributed by atoms with E-state index in [-0.39, 0.29) is 29.2 Å². The van der Waals surface area contributed by atoms with Gasteiger partial charge >= 0.3 is 12.4 Å². The molecule has 1 amide bonds. The van der Waals surface area contributed by atoms with Crippen LogP contribution in [0.3, 0.4) is 0 Å². The molecule has 0 aromatic heterocycles. The lowest BCUT2D eigenvalue weighted by molar-refractivity contribution is -0.143. The first-order valence-corrected chi connectivity index (χ1v) is 11.6. The molecule has 190 valence electrons. The van der Waals surface area contributed by atoms with Gasteiger partial charge in [-0.2, -0.15) is 26.3 Å². The molecule has 2 aliphatic carbocycles. The molecule has 3 rings (SSSR count). The van der Waals surface area contributed by atoms with Crippen molar-refractivity contribution in [1.29, 1.82) is 0 Å². The third kappa shape index (κ3) is 8.21. The van der Waals surface area contributed by atoms with Gasteiger partial charge in [-0.05, 0) is 74.1 Å². The normalized spacial score (nSPS) is 21.2. The van der Waals surface area contributed by atoms with Crippen molar-refractivity contribution in [2.24, 2.45) is 11.8 Å². The number of nitrogens with one attached hydrogen (secondary N) is 3. The van der Waals surface area contributed by atoms with E-state index in [1.807, 2.05) is 0 Å². The lowest BCUT2D eigenvalue weighted by Crippen LogP contribution is -2.39. The van der Waals surface area contributed by atoms with Gasteiger partial charge < -0.3 is 16.0 Å². The summed E-state index contributed by atoms with van der Waals surface area (Å²) in [6.07, 6.45) is -3.29. The highest BCUT2D eigenvalue weighted by molar-refractivity contribution is 5.76. The fraction of sp³-hybridized carbons (Fsp3) is 0.625. The molecule has 0 saturated heterocycles. The van der Waals surface area contributed by atoms with Gasteiger partial charge in [0, 0.05) is 37.8 Å². The van der Waals surface area contributed by atoms with E-state index in [2.05, 4.69) is 22.5 Å². The predicted molar refractivity (Wildman–Crippen MR) is 118 cm³/mol. The van der Waals surface area contributed by atoms with Crippen molar-refractivity contribution in [2.45, 2.75) is 63.3 Å². The SMILES string of the molecule is C=C(NCC1CCC(NCCNC(=O)CC2CC2)CC1)c1cc(C(F)(F)F)cc(C(F)(F)F)c1. The van der Waals surface area contributed by atoms with E-state index in [4.69, 9.17) is 0 Å². The minimum atomic E-state index is -4.89. The molecule has 0 bridgehead atoms. The van der Waals surface area contributed by atoms with Crippen molar-refractivity contribution in [2.75, 3.05) is 19.6 Å². The van der Waals surface area contributed by atoms with Gasteiger partial charge in [0.2, 0.25) is 5.91 Å². The minimum Gasteiger partial charge on any atom is -0.385 e. The minimum absolute atomic E-state index is 0.0405. The summed E-state index contributed by atoms with van der Waals surface area (Å²) in [4.78, 5) is 11.7. The van der Waals surface area contributed by atoms with Crippen molar-refractivity contribution in [3.05, 3.63) is 41.5 Å². The monoisotopic (exact) mass is 491 g/mol. The van der Waals surface area contributed by atoms with Crippen LogP contribution in [0.15, 0.2) is 24.8 Å². The molecule has 0 heterocycles. The van der Waals surface area contributed by atoms with Crippen LogP contribution in [-0.4, -0.2) is 31.6 Å². The van der Waals surface area contributed by atoms with Crippen LogP contribution in [-0.2, 0) is 17.1 Å². The summed E-state index contributed by atoms with van der Waals surface area (Å²) >= 11 is 0. The van der Waals surface area contributed by atoms with E-state index in [0.717, 1.165) is 38.5 Å². The zero-order valence-corrected chi connectivity index (χ0v) is 18.9. The second-order valence-corrected chi connectivity index (χ2v) is 9.32. The molecule has 1 aromatic rings. The smallest absolute Gasteiger partial charge is 0.385 e. The zero-order chi connectivity index (χ0) is 24.9. The summed E-state index contributed by atoms with van der Waals surface area (Å²) in [5.74, 6) is 0.913. The second kappa shape index (κ2) is 11.0. The van der Waals surface area contributed by atoms with Crippen molar-refractivity contribution in [1.82, 2.24) is 16.0 Å². The van der Waals surface area contributed by atoms with Gasteiger partial charge in [0.25, 0.3) is 0 Å². The molecule has 0 unspecified atom stereocenters. The Morgan fingerprint density at radius 2 is 1.38 bits per heavy atom. The van der Waals surface area contributed by atoms with Crippen LogP contribution >= 0.6 is 0 Å². The van der Waals surface area contributed by atoms with Gasteiger partial charge in [0.05, 0.1) is 11.1 Å². The summed E-state index contributed by atoms with van der Waals surface area (Å²) in [5.41, 5.74) is -2.88. The van der Waals surface area contributed by atoms with Crippen LogP contribution in [0.1, 0.15) is 61.6 Å².